The van der Waals surface area contributed by atoms with E-state index in [1.165, 1.54) is 0 Å². The molecule has 0 unspecified atom stereocenters. The minimum atomic E-state index is -0.376. The lowest BCUT2D eigenvalue weighted by molar-refractivity contribution is 0.00499. The van der Waals surface area contributed by atoms with Crippen LogP contribution in [0.3, 0.4) is 0 Å². The zero-order valence-electron chi connectivity index (χ0n) is 27.1. The van der Waals surface area contributed by atoms with E-state index in [9.17, 15) is 0 Å². The van der Waals surface area contributed by atoms with E-state index in [1.54, 1.807) is 0 Å². The second-order valence-electron chi connectivity index (χ2n) is 12.8. The summed E-state index contributed by atoms with van der Waals surface area (Å²) in [7, 11) is -0.752. The quantitative estimate of drug-likeness (QED) is 0.212. The first kappa shape index (κ1) is 33.8. The van der Waals surface area contributed by atoms with E-state index in [1.807, 2.05) is 104 Å². The monoisotopic (exact) mass is 598 g/mol. The third kappa shape index (κ3) is 8.97. The fourth-order valence-corrected chi connectivity index (χ4v) is 4.38. The van der Waals surface area contributed by atoms with Gasteiger partial charge < -0.3 is 42.3 Å². The van der Waals surface area contributed by atoms with Gasteiger partial charge in [0.2, 0.25) is 0 Å². The van der Waals surface area contributed by atoms with Gasteiger partial charge in [-0.25, -0.2) is 0 Å². The summed E-state index contributed by atoms with van der Waals surface area (Å²) in [6, 6.07) is 15.6. The molecule has 0 spiro atoms. The van der Waals surface area contributed by atoms with Gasteiger partial charge in [-0.2, -0.15) is 0 Å². The summed E-state index contributed by atoms with van der Waals surface area (Å²) in [6.07, 6.45) is 0. The molecule has 0 saturated carbocycles. The predicted molar refractivity (Wildman–Crippen MR) is 168 cm³/mol. The van der Waals surface area contributed by atoms with E-state index >= 15 is 0 Å². The smallest absolute Gasteiger partial charge is 0.491 e. The van der Waals surface area contributed by atoms with Crippen molar-refractivity contribution in [3.05, 3.63) is 48.5 Å². The molecule has 2 aliphatic rings. The molecule has 2 aromatic carbocycles. The summed E-state index contributed by atoms with van der Waals surface area (Å²) in [6.45, 7) is 20.2. The number of hydrogen-bond acceptors (Lipinski definition) is 9. The Morgan fingerprint density at radius 3 is 0.953 bits per heavy atom. The molecule has 236 valence electrons. The zero-order valence-corrected chi connectivity index (χ0v) is 27.1. The van der Waals surface area contributed by atoms with Gasteiger partial charge in [-0.05, 0) is 90.6 Å². The second kappa shape index (κ2) is 14.3. The van der Waals surface area contributed by atoms with E-state index in [0.29, 0.717) is 52.9 Å². The lowest BCUT2D eigenvalue weighted by Gasteiger charge is -2.32. The molecule has 0 bridgehead atoms. The average Bonchev–Trinajstić information content (AvgIpc) is 3.31. The van der Waals surface area contributed by atoms with Gasteiger partial charge in [0.05, 0.1) is 62.0 Å². The van der Waals surface area contributed by atoms with Crippen LogP contribution < -0.4 is 20.4 Å². The van der Waals surface area contributed by atoms with Gasteiger partial charge >= 0.3 is 14.2 Å². The minimum Gasteiger partial charge on any atom is -0.491 e. The van der Waals surface area contributed by atoms with Crippen LogP contribution in [0.4, 0.5) is 0 Å². The molecule has 2 heterocycles. The molecule has 2 aliphatic heterocycles. The summed E-state index contributed by atoms with van der Waals surface area (Å²) in [5, 5.41) is 0. The highest BCUT2D eigenvalue weighted by molar-refractivity contribution is 6.62. The van der Waals surface area contributed by atoms with Crippen LogP contribution in [-0.4, -0.2) is 89.5 Å². The van der Waals surface area contributed by atoms with Crippen molar-refractivity contribution in [3.8, 4) is 11.5 Å². The van der Waals surface area contributed by atoms with Crippen LogP contribution in [0.15, 0.2) is 48.5 Å². The van der Waals surface area contributed by atoms with Crippen LogP contribution in [0.2, 0.25) is 0 Å². The molecule has 0 atom stereocenters. The Kier molecular flexibility index (Phi) is 11.3. The highest BCUT2D eigenvalue weighted by Gasteiger charge is 2.52. The maximum absolute atomic E-state index is 6.10. The number of benzene rings is 2. The van der Waals surface area contributed by atoms with E-state index in [0.717, 1.165) is 22.4 Å². The number of hydrogen-bond donors (Lipinski definition) is 0. The zero-order chi connectivity index (χ0) is 31.1. The third-order valence-corrected chi connectivity index (χ3v) is 8.55. The molecular formula is C32H48B2O9. The van der Waals surface area contributed by atoms with Gasteiger partial charge in [-0.3, -0.25) is 0 Å². The summed E-state index contributed by atoms with van der Waals surface area (Å²) in [5.74, 6) is 1.56. The Hall–Kier alpha value is -2.11. The molecular weight excluding hydrogens is 550 g/mol. The van der Waals surface area contributed by atoms with Crippen LogP contribution in [0, 0.1) is 0 Å². The van der Waals surface area contributed by atoms with Gasteiger partial charge in [0.15, 0.2) is 0 Å². The highest BCUT2D eigenvalue weighted by atomic mass is 16.7. The molecule has 11 heteroatoms. The average molecular weight is 598 g/mol. The normalized spacial score (nSPS) is 20.0. The van der Waals surface area contributed by atoms with E-state index in [4.69, 9.17) is 42.3 Å². The van der Waals surface area contributed by atoms with Crippen LogP contribution >= 0.6 is 0 Å². The van der Waals surface area contributed by atoms with Crippen molar-refractivity contribution < 1.29 is 42.3 Å². The van der Waals surface area contributed by atoms with E-state index < -0.39 is 0 Å². The molecule has 0 aromatic heterocycles. The maximum Gasteiger partial charge on any atom is 0.494 e. The number of ether oxygens (including phenoxy) is 5. The van der Waals surface area contributed by atoms with Gasteiger partial charge in [-0.1, -0.05) is 24.3 Å². The molecule has 0 amide bonds. The van der Waals surface area contributed by atoms with Crippen molar-refractivity contribution in [2.45, 2.75) is 77.8 Å². The Morgan fingerprint density at radius 1 is 0.419 bits per heavy atom. The Balaban J connectivity index is 0.968. The van der Waals surface area contributed by atoms with Crippen molar-refractivity contribution in [1.82, 2.24) is 0 Å². The van der Waals surface area contributed by atoms with Gasteiger partial charge in [0.1, 0.15) is 24.7 Å². The first-order chi connectivity index (χ1) is 20.3. The summed E-state index contributed by atoms with van der Waals surface area (Å²) < 4.78 is 52.7. The topological polar surface area (TPSA) is 83.1 Å². The summed E-state index contributed by atoms with van der Waals surface area (Å²) in [4.78, 5) is 0. The van der Waals surface area contributed by atoms with Gasteiger partial charge in [-0.15, -0.1) is 0 Å². The standard InChI is InChI=1S/C32H48B2O9/c1-29(2)30(3,4)41-33(40-29)25-9-13-27(14-10-25)38-23-21-36-19-17-35-18-20-37-22-24-39-28-15-11-26(12-16-28)34-42-31(5,6)32(7,8)43-34/h9-16H,17-24H2,1-8H3. The molecule has 2 fully saturated rings. The van der Waals surface area contributed by atoms with Crippen LogP contribution in [-0.2, 0) is 32.8 Å². The third-order valence-electron chi connectivity index (χ3n) is 8.55. The Bertz CT molecular complexity index is 1020. The van der Waals surface area contributed by atoms with E-state index in [-0.39, 0.29) is 36.6 Å². The molecule has 4 rings (SSSR count). The van der Waals surface area contributed by atoms with Crippen LogP contribution in [0.25, 0.3) is 0 Å². The summed E-state index contributed by atoms with van der Waals surface area (Å²) >= 11 is 0. The van der Waals surface area contributed by atoms with Crippen LogP contribution in [0.5, 0.6) is 11.5 Å². The van der Waals surface area contributed by atoms with Crippen molar-refractivity contribution in [1.29, 1.82) is 0 Å². The molecule has 9 nitrogen and oxygen atoms in total. The Labute approximate surface area is 258 Å². The molecule has 2 aromatic rings. The van der Waals surface area contributed by atoms with Gasteiger partial charge in [0.25, 0.3) is 0 Å². The van der Waals surface area contributed by atoms with Crippen molar-refractivity contribution in [2.75, 3.05) is 52.9 Å². The fraction of sp³-hybridized carbons (Fsp3) is 0.625. The van der Waals surface area contributed by atoms with Gasteiger partial charge in [0, 0.05) is 0 Å². The SMILES string of the molecule is CC1(C)OB(c2ccc(OCCOCCOCCOCCOc3ccc(B4OC(C)(C)C(C)(C)O4)cc3)cc2)OC1(C)C. The lowest BCUT2D eigenvalue weighted by atomic mass is 9.79. The largest absolute Gasteiger partial charge is 0.494 e. The number of rotatable bonds is 16. The van der Waals surface area contributed by atoms with Crippen molar-refractivity contribution in [3.63, 3.8) is 0 Å². The molecule has 43 heavy (non-hydrogen) atoms. The minimum absolute atomic E-state index is 0.359. The first-order valence-corrected chi connectivity index (χ1v) is 15.2. The predicted octanol–water partition coefficient (Wildman–Crippen LogP) is 3.79. The lowest BCUT2D eigenvalue weighted by Crippen LogP contribution is -2.41. The van der Waals surface area contributed by atoms with Crippen molar-refractivity contribution >= 4 is 25.2 Å². The summed E-state index contributed by atoms with van der Waals surface area (Å²) in [5.41, 5.74) is 0.510. The Morgan fingerprint density at radius 2 is 0.674 bits per heavy atom. The molecule has 0 N–H and O–H groups in total. The van der Waals surface area contributed by atoms with Crippen LogP contribution in [0.1, 0.15) is 55.4 Å². The first-order valence-electron chi connectivity index (χ1n) is 15.2. The maximum atomic E-state index is 6.10. The second-order valence-corrected chi connectivity index (χ2v) is 12.8. The molecule has 2 saturated heterocycles. The highest BCUT2D eigenvalue weighted by Crippen LogP contribution is 2.37. The molecule has 0 aliphatic carbocycles. The van der Waals surface area contributed by atoms with Crippen molar-refractivity contribution in [2.24, 2.45) is 0 Å². The fourth-order valence-electron chi connectivity index (χ4n) is 4.38. The van der Waals surface area contributed by atoms with E-state index in [2.05, 4.69) is 0 Å². The molecule has 0 radical (unpaired) electrons.